The zero-order chi connectivity index (χ0) is 20.1. The maximum atomic E-state index is 12.8. The molecular weight excluding hydrogens is 441 g/mol. The molecule has 2 N–H and O–H groups in total. The van der Waals surface area contributed by atoms with Crippen LogP contribution in [-0.2, 0) is 11.3 Å². The molecule has 2 rings (SSSR count). The second kappa shape index (κ2) is 10.7. The smallest absolute Gasteiger partial charge is 0.550 e. The Balaban J connectivity index is 0.00000392. The Morgan fingerprint density at radius 1 is 1.36 bits per heavy atom. The fourth-order valence-corrected chi connectivity index (χ4v) is 2.91. The van der Waals surface area contributed by atoms with E-state index < -0.39 is 17.6 Å². The third-order valence-corrected chi connectivity index (χ3v) is 4.34. The van der Waals surface area contributed by atoms with Gasteiger partial charge in [-0.25, -0.2) is 4.79 Å². The summed E-state index contributed by atoms with van der Waals surface area (Å²) in [5.41, 5.74) is 0.00138. The van der Waals surface area contributed by atoms with Gasteiger partial charge in [0.2, 0.25) is 0 Å². The van der Waals surface area contributed by atoms with E-state index >= 15 is 0 Å². The summed E-state index contributed by atoms with van der Waals surface area (Å²) in [6.07, 6.45) is 1.13. The molecule has 0 fully saturated rings. The van der Waals surface area contributed by atoms with E-state index in [4.69, 9.17) is 0 Å². The van der Waals surface area contributed by atoms with Crippen LogP contribution in [0, 0.1) is 6.92 Å². The molecule has 1 aromatic heterocycles. The van der Waals surface area contributed by atoms with Crippen molar-refractivity contribution in [3.8, 4) is 5.75 Å². The summed E-state index contributed by atoms with van der Waals surface area (Å²) in [4.78, 5) is 37.2. The van der Waals surface area contributed by atoms with Gasteiger partial charge in [-0.15, -0.1) is 0 Å². The standard InChI is InChI=1S/C18H20BrN3O5.Na/c1-3-21-10-11(2)16(25)15(17(21)26)22(13-6-4-5-12(19)9-13)18(27)20-8-7-14(23)24;/h4-6,9-10,25H,3,7-8H2,1-2H3,(H,20,27)(H,23,24);/q;+1/p-1. The van der Waals surface area contributed by atoms with E-state index in [0.717, 1.165) is 4.90 Å². The number of aromatic nitrogens is 1. The Hall–Kier alpha value is -1.81. The molecule has 0 aliphatic rings. The number of halogens is 1. The van der Waals surface area contributed by atoms with Gasteiger partial charge in [-0.3, -0.25) is 9.69 Å². The summed E-state index contributed by atoms with van der Waals surface area (Å²) in [5, 5.41) is 23.5. The predicted octanol–water partition coefficient (Wildman–Crippen LogP) is -1.36. The number of nitrogens with zero attached hydrogens (tertiary/aromatic N) is 2. The first-order valence-electron chi connectivity index (χ1n) is 8.22. The van der Waals surface area contributed by atoms with E-state index in [0.29, 0.717) is 22.3 Å². The van der Waals surface area contributed by atoms with Crippen LogP contribution in [0.5, 0.6) is 5.75 Å². The fourth-order valence-electron chi connectivity index (χ4n) is 2.53. The molecular formula is C18H19BrN3NaO5. The quantitative estimate of drug-likeness (QED) is 0.517. The van der Waals surface area contributed by atoms with Gasteiger partial charge in [-0.2, -0.15) is 0 Å². The van der Waals surface area contributed by atoms with Crippen LogP contribution < -0.4 is 50.4 Å². The molecule has 0 atom stereocenters. The Morgan fingerprint density at radius 3 is 2.61 bits per heavy atom. The average molecular weight is 460 g/mol. The molecule has 28 heavy (non-hydrogen) atoms. The molecule has 0 bridgehead atoms. The maximum absolute atomic E-state index is 12.8. The Kier molecular flexibility index (Phi) is 9.22. The zero-order valence-corrected chi connectivity index (χ0v) is 19.4. The molecule has 144 valence electrons. The molecule has 2 amide bonds. The van der Waals surface area contributed by atoms with Crippen LogP contribution in [0.3, 0.4) is 0 Å². The molecule has 1 aromatic carbocycles. The number of anilines is 2. The van der Waals surface area contributed by atoms with E-state index in [1.165, 1.54) is 10.8 Å². The monoisotopic (exact) mass is 459 g/mol. The normalized spacial score (nSPS) is 10.1. The minimum atomic E-state index is -1.31. The molecule has 8 nitrogen and oxygen atoms in total. The summed E-state index contributed by atoms with van der Waals surface area (Å²) in [6.45, 7) is 3.56. The number of carboxylic acid groups (broad SMARTS) is 1. The number of aryl methyl sites for hydroxylation is 2. The fraction of sp³-hybridized carbons (Fsp3) is 0.278. The van der Waals surface area contributed by atoms with Crippen molar-refractivity contribution in [2.75, 3.05) is 11.4 Å². The predicted molar refractivity (Wildman–Crippen MR) is 102 cm³/mol. The third-order valence-electron chi connectivity index (χ3n) is 3.85. The number of benzene rings is 1. The Morgan fingerprint density at radius 2 is 2.04 bits per heavy atom. The number of amides is 2. The first-order valence-corrected chi connectivity index (χ1v) is 9.02. The number of pyridine rings is 1. The van der Waals surface area contributed by atoms with E-state index in [9.17, 15) is 24.6 Å². The van der Waals surface area contributed by atoms with Crippen LogP contribution in [-0.4, -0.2) is 28.2 Å². The van der Waals surface area contributed by atoms with Gasteiger partial charge in [0, 0.05) is 41.7 Å². The van der Waals surface area contributed by atoms with Crippen molar-refractivity contribution < 1.29 is 49.4 Å². The Bertz CT molecular complexity index is 932. The number of nitrogens with one attached hydrogen (secondary N) is 1. The van der Waals surface area contributed by atoms with Crippen molar-refractivity contribution in [1.29, 1.82) is 0 Å². The maximum Gasteiger partial charge on any atom is 1.00 e. The van der Waals surface area contributed by atoms with E-state index in [2.05, 4.69) is 21.2 Å². The van der Waals surface area contributed by atoms with Crippen molar-refractivity contribution in [3.63, 3.8) is 0 Å². The number of carboxylic acids is 1. The molecule has 0 spiro atoms. The minimum absolute atomic E-state index is 0. The summed E-state index contributed by atoms with van der Waals surface area (Å²) in [5.74, 6) is -1.63. The van der Waals surface area contributed by atoms with Crippen LogP contribution in [0.4, 0.5) is 16.2 Å². The van der Waals surface area contributed by atoms with Crippen LogP contribution in [0.25, 0.3) is 0 Å². The van der Waals surface area contributed by atoms with Crippen LogP contribution in [0.15, 0.2) is 39.7 Å². The zero-order valence-electron chi connectivity index (χ0n) is 15.9. The number of hydrogen-bond acceptors (Lipinski definition) is 5. The number of rotatable bonds is 6. The van der Waals surface area contributed by atoms with Gasteiger partial charge in [-0.05, 0) is 32.0 Å². The van der Waals surface area contributed by atoms with Crippen molar-refractivity contribution in [2.45, 2.75) is 26.8 Å². The Labute approximate surface area is 192 Å². The molecule has 0 radical (unpaired) electrons. The summed E-state index contributed by atoms with van der Waals surface area (Å²) in [6, 6.07) is 5.88. The molecule has 0 saturated heterocycles. The summed E-state index contributed by atoms with van der Waals surface area (Å²) in [7, 11) is 0. The van der Waals surface area contributed by atoms with Gasteiger partial charge in [-0.1, -0.05) is 22.0 Å². The van der Waals surface area contributed by atoms with Gasteiger partial charge in [0.05, 0.1) is 5.69 Å². The largest absolute Gasteiger partial charge is 1.00 e. The van der Waals surface area contributed by atoms with Gasteiger partial charge in [0.25, 0.3) is 5.56 Å². The van der Waals surface area contributed by atoms with E-state index in [1.54, 1.807) is 38.1 Å². The number of carbonyl (C=O) groups excluding carboxylic acids is 2. The van der Waals surface area contributed by atoms with Crippen molar-refractivity contribution in [2.24, 2.45) is 0 Å². The first-order chi connectivity index (χ1) is 12.8. The minimum Gasteiger partial charge on any atom is -0.550 e. The molecule has 0 aliphatic heterocycles. The van der Waals surface area contributed by atoms with E-state index in [1.807, 2.05) is 0 Å². The summed E-state index contributed by atoms with van der Waals surface area (Å²) >= 11 is 3.31. The van der Waals surface area contributed by atoms with Crippen molar-refractivity contribution in [1.82, 2.24) is 9.88 Å². The van der Waals surface area contributed by atoms with Crippen LogP contribution >= 0.6 is 15.9 Å². The van der Waals surface area contributed by atoms with Gasteiger partial charge in [0.1, 0.15) is 5.75 Å². The van der Waals surface area contributed by atoms with Crippen LogP contribution in [0.2, 0.25) is 0 Å². The third kappa shape index (κ3) is 5.60. The molecule has 1 heterocycles. The number of hydrogen-bond donors (Lipinski definition) is 2. The van der Waals surface area contributed by atoms with Crippen LogP contribution in [0.1, 0.15) is 18.9 Å². The topological polar surface area (TPSA) is 115 Å². The molecule has 10 heteroatoms. The number of aromatic hydroxyl groups is 1. The van der Waals surface area contributed by atoms with E-state index in [-0.39, 0.29) is 54.0 Å². The van der Waals surface area contributed by atoms with Crippen molar-refractivity contribution in [3.05, 3.63) is 50.9 Å². The molecule has 0 saturated carbocycles. The first kappa shape index (κ1) is 24.2. The number of urea groups is 1. The summed E-state index contributed by atoms with van der Waals surface area (Å²) < 4.78 is 2.04. The SMILES string of the molecule is CCn1cc(C)c(O)c(N(C(=O)NCCC(=O)[O-])c2cccc(Br)c2)c1=O.[Na+]. The molecule has 0 unspecified atom stereocenters. The average Bonchev–Trinajstić information content (AvgIpc) is 2.61. The second-order valence-corrected chi connectivity index (χ2v) is 6.69. The van der Waals surface area contributed by atoms with Gasteiger partial charge < -0.3 is 24.9 Å². The second-order valence-electron chi connectivity index (χ2n) is 5.77. The van der Waals surface area contributed by atoms with Gasteiger partial charge in [0.15, 0.2) is 5.69 Å². The molecule has 2 aromatic rings. The van der Waals surface area contributed by atoms with Crippen molar-refractivity contribution >= 4 is 39.3 Å². The number of aliphatic carboxylic acids is 1. The molecule has 0 aliphatic carbocycles. The number of carbonyl (C=O) groups is 2. The van der Waals surface area contributed by atoms with Gasteiger partial charge >= 0.3 is 35.6 Å².